The molecule has 15 heavy (non-hydrogen) atoms. The summed E-state index contributed by atoms with van der Waals surface area (Å²) in [6.07, 6.45) is 1.56. The van der Waals surface area contributed by atoms with Crippen LogP contribution in [0.4, 0.5) is 11.6 Å². The van der Waals surface area contributed by atoms with Gasteiger partial charge in [0.25, 0.3) is 0 Å². The summed E-state index contributed by atoms with van der Waals surface area (Å²) in [4.78, 5) is 10.4. The molecule has 0 unspecified atom stereocenters. The van der Waals surface area contributed by atoms with Crippen molar-refractivity contribution < 1.29 is 0 Å². The number of nitrogens with two attached hydrogens (primary N) is 1. The van der Waals surface area contributed by atoms with Crippen LogP contribution in [0.15, 0.2) is 12.4 Å². The zero-order valence-electron chi connectivity index (χ0n) is 9.57. The molecule has 0 bridgehead atoms. The van der Waals surface area contributed by atoms with E-state index in [0.717, 1.165) is 18.2 Å². The Kier molecular flexibility index (Phi) is 4.30. The van der Waals surface area contributed by atoms with Crippen LogP contribution in [0.25, 0.3) is 0 Å². The SMILES string of the molecule is CC(C)N(C)c1cc(NCCN)ncn1. The molecule has 0 atom stereocenters. The maximum absolute atomic E-state index is 5.41. The number of rotatable bonds is 5. The minimum Gasteiger partial charge on any atom is -0.369 e. The maximum Gasteiger partial charge on any atom is 0.134 e. The van der Waals surface area contributed by atoms with Gasteiger partial charge >= 0.3 is 0 Å². The molecule has 0 aliphatic heterocycles. The predicted octanol–water partition coefficient (Wildman–Crippen LogP) is 0.692. The molecule has 5 heteroatoms. The van der Waals surface area contributed by atoms with Crippen molar-refractivity contribution in [2.45, 2.75) is 19.9 Å². The molecule has 0 saturated heterocycles. The molecule has 0 saturated carbocycles. The second kappa shape index (κ2) is 5.50. The highest BCUT2D eigenvalue weighted by Gasteiger charge is 2.06. The van der Waals surface area contributed by atoms with Crippen molar-refractivity contribution in [2.24, 2.45) is 5.73 Å². The topological polar surface area (TPSA) is 67.1 Å². The summed E-state index contributed by atoms with van der Waals surface area (Å²) in [5.41, 5.74) is 5.41. The molecule has 1 heterocycles. The van der Waals surface area contributed by atoms with Gasteiger partial charge in [-0.1, -0.05) is 0 Å². The lowest BCUT2D eigenvalue weighted by atomic mass is 10.3. The van der Waals surface area contributed by atoms with Gasteiger partial charge in [-0.2, -0.15) is 0 Å². The molecule has 3 N–H and O–H groups in total. The van der Waals surface area contributed by atoms with Gasteiger partial charge < -0.3 is 16.0 Å². The lowest BCUT2D eigenvalue weighted by molar-refractivity contribution is 0.741. The predicted molar refractivity (Wildman–Crippen MR) is 63.1 cm³/mol. The van der Waals surface area contributed by atoms with E-state index in [9.17, 15) is 0 Å². The third-order valence-corrected chi connectivity index (χ3v) is 2.24. The highest BCUT2D eigenvalue weighted by Crippen LogP contribution is 2.14. The van der Waals surface area contributed by atoms with Crippen LogP contribution in [0.2, 0.25) is 0 Å². The molecule has 1 aromatic heterocycles. The minimum atomic E-state index is 0.419. The Labute approximate surface area is 90.7 Å². The van der Waals surface area contributed by atoms with E-state index < -0.39 is 0 Å². The van der Waals surface area contributed by atoms with Crippen molar-refractivity contribution in [3.63, 3.8) is 0 Å². The molecule has 5 nitrogen and oxygen atoms in total. The molecule has 0 amide bonds. The van der Waals surface area contributed by atoms with E-state index in [4.69, 9.17) is 5.73 Å². The summed E-state index contributed by atoms with van der Waals surface area (Å²) in [6, 6.07) is 2.35. The minimum absolute atomic E-state index is 0.419. The van der Waals surface area contributed by atoms with E-state index >= 15 is 0 Å². The standard InChI is InChI=1S/C10H19N5/c1-8(2)15(3)10-6-9(12-5-4-11)13-7-14-10/h6-8H,4-5,11H2,1-3H3,(H,12,13,14). The first-order valence-corrected chi connectivity index (χ1v) is 5.14. The second-order valence-corrected chi connectivity index (χ2v) is 3.68. The largest absolute Gasteiger partial charge is 0.369 e. The Hall–Kier alpha value is -1.36. The van der Waals surface area contributed by atoms with Gasteiger partial charge in [0.1, 0.15) is 18.0 Å². The van der Waals surface area contributed by atoms with Gasteiger partial charge in [0.15, 0.2) is 0 Å². The summed E-state index contributed by atoms with van der Waals surface area (Å²) in [7, 11) is 2.01. The van der Waals surface area contributed by atoms with Crippen LogP contribution in [0, 0.1) is 0 Å². The van der Waals surface area contributed by atoms with E-state index in [1.165, 1.54) is 0 Å². The van der Waals surface area contributed by atoms with E-state index in [2.05, 4.69) is 34.0 Å². The summed E-state index contributed by atoms with van der Waals surface area (Å²) in [5, 5.41) is 3.13. The molecule has 1 aromatic rings. The number of hydrogen-bond donors (Lipinski definition) is 2. The molecule has 0 aromatic carbocycles. The lowest BCUT2D eigenvalue weighted by Crippen LogP contribution is -2.26. The number of aromatic nitrogens is 2. The molecular weight excluding hydrogens is 190 g/mol. The third-order valence-electron chi connectivity index (χ3n) is 2.24. The van der Waals surface area contributed by atoms with Crippen molar-refractivity contribution in [3.8, 4) is 0 Å². The molecule has 1 rings (SSSR count). The van der Waals surface area contributed by atoms with Crippen LogP contribution in [0.5, 0.6) is 0 Å². The van der Waals surface area contributed by atoms with Gasteiger partial charge in [0.2, 0.25) is 0 Å². The van der Waals surface area contributed by atoms with Crippen molar-refractivity contribution >= 4 is 11.6 Å². The van der Waals surface area contributed by atoms with E-state index in [-0.39, 0.29) is 0 Å². The monoisotopic (exact) mass is 209 g/mol. The fraction of sp³-hybridized carbons (Fsp3) is 0.600. The number of nitrogens with one attached hydrogen (secondary N) is 1. The zero-order chi connectivity index (χ0) is 11.3. The normalized spacial score (nSPS) is 10.5. The molecule has 0 aliphatic rings. The smallest absolute Gasteiger partial charge is 0.134 e. The first kappa shape index (κ1) is 11.7. The van der Waals surface area contributed by atoms with E-state index in [1.807, 2.05) is 13.1 Å². The number of hydrogen-bond acceptors (Lipinski definition) is 5. The number of anilines is 2. The molecule has 0 spiro atoms. The van der Waals surface area contributed by atoms with Gasteiger partial charge in [-0.05, 0) is 13.8 Å². The van der Waals surface area contributed by atoms with Gasteiger partial charge in [-0.15, -0.1) is 0 Å². The van der Waals surface area contributed by atoms with Gasteiger partial charge in [0.05, 0.1) is 0 Å². The quantitative estimate of drug-likeness (QED) is 0.747. The molecule has 0 radical (unpaired) electrons. The Balaban J connectivity index is 2.73. The van der Waals surface area contributed by atoms with Crippen molar-refractivity contribution in [1.82, 2.24) is 9.97 Å². The Morgan fingerprint density at radius 3 is 2.80 bits per heavy atom. The highest BCUT2D eigenvalue weighted by atomic mass is 15.2. The average molecular weight is 209 g/mol. The Morgan fingerprint density at radius 1 is 1.47 bits per heavy atom. The van der Waals surface area contributed by atoms with Crippen LogP contribution < -0.4 is 16.0 Å². The van der Waals surface area contributed by atoms with Gasteiger partial charge in [-0.3, -0.25) is 0 Å². The van der Waals surface area contributed by atoms with E-state index in [1.54, 1.807) is 6.33 Å². The first-order chi connectivity index (χ1) is 7.15. The lowest BCUT2D eigenvalue weighted by Gasteiger charge is -2.22. The maximum atomic E-state index is 5.41. The fourth-order valence-corrected chi connectivity index (χ4v) is 1.10. The van der Waals surface area contributed by atoms with Crippen molar-refractivity contribution in [2.75, 3.05) is 30.4 Å². The highest BCUT2D eigenvalue weighted by molar-refractivity contribution is 5.48. The Bertz CT molecular complexity index is 300. The third kappa shape index (κ3) is 3.36. The molecule has 0 aliphatic carbocycles. The molecule has 0 fully saturated rings. The summed E-state index contributed by atoms with van der Waals surface area (Å²) < 4.78 is 0. The summed E-state index contributed by atoms with van der Waals surface area (Å²) >= 11 is 0. The van der Waals surface area contributed by atoms with E-state index in [0.29, 0.717) is 12.6 Å². The van der Waals surface area contributed by atoms with Crippen LogP contribution in [-0.4, -0.2) is 36.1 Å². The zero-order valence-corrected chi connectivity index (χ0v) is 9.57. The first-order valence-electron chi connectivity index (χ1n) is 5.14. The van der Waals surface area contributed by atoms with Crippen LogP contribution in [0.3, 0.4) is 0 Å². The summed E-state index contributed by atoms with van der Waals surface area (Å²) in [6.45, 7) is 5.56. The van der Waals surface area contributed by atoms with Crippen molar-refractivity contribution in [1.29, 1.82) is 0 Å². The fourth-order valence-electron chi connectivity index (χ4n) is 1.10. The van der Waals surface area contributed by atoms with Crippen LogP contribution >= 0.6 is 0 Å². The Morgan fingerprint density at radius 2 is 2.20 bits per heavy atom. The van der Waals surface area contributed by atoms with Gasteiger partial charge in [-0.25, -0.2) is 9.97 Å². The van der Waals surface area contributed by atoms with Crippen LogP contribution in [-0.2, 0) is 0 Å². The number of nitrogens with zero attached hydrogens (tertiary/aromatic N) is 3. The second-order valence-electron chi connectivity index (χ2n) is 3.68. The average Bonchev–Trinajstić information content (AvgIpc) is 2.25. The molecule has 84 valence electrons. The van der Waals surface area contributed by atoms with Crippen molar-refractivity contribution in [3.05, 3.63) is 12.4 Å². The van der Waals surface area contributed by atoms with Gasteiger partial charge in [0, 0.05) is 32.2 Å². The molecular formula is C10H19N5. The summed E-state index contributed by atoms with van der Waals surface area (Å²) in [5.74, 6) is 1.73. The van der Waals surface area contributed by atoms with Crippen LogP contribution in [0.1, 0.15) is 13.8 Å².